The molecule has 0 saturated heterocycles. The second-order valence-corrected chi connectivity index (χ2v) is 5.20. The standard InChI is InChI=1S/C12H18O2/c1-12(2,3)6-9-7-14-11-4-5-13-8-10(9)11/h7H,4-6,8H2,1-3H3. The van der Waals surface area contributed by atoms with Crippen molar-refractivity contribution in [3.8, 4) is 0 Å². The lowest BCUT2D eigenvalue weighted by Crippen LogP contribution is -2.13. The van der Waals surface area contributed by atoms with Crippen LogP contribution in [0.2, 0.25) is 0 Å². The molecular weight excluding hydrogens is 176 g/mol. The lowest BCUT2D eigenvalue weighted by molar-refractivity contribution is 0.103. The van der Waals surface area contributed by atoms with Crippen LogP contribution in [0.5, 0.6) is 0 Å². The topological polar surface area (TPSA) is 22.4 Å². The molecular formula is C12H18O2. The Labute approximate surface area is 85.3 Å². The number of furan rings is 1. The number of hydrogen-bond acceptors (Lipinski definition) is 2. The summed E-state index contributed by atoms with van der Waals surface area (Å²) in [6.07, 6.45) is 3.90. The van der Waals surface area contributed by atoms with Gasteiger partial charge in [-0.25, -0.2) is 0 Å². The Kier molecular flexibility index (Phi) is 2.40. The SMILES string of the molecule is CC(C)(C)Cc1coc2c1COCC2. The minimum absolute atomic E-state index is 0.315. The molecule has 0 saturated carbocycles. The van der Waals surface area contributed by atoms with Gasteiger partial charge in [-0.2, -0.15) is 0 Å². The van der Waals surface area contributed by atoms with Crippen LogP contribution >= 0.6 is 0 Å². The summed E-state index contributed by atoms with van der Waals surface area (Å²) in [6, 6.07) is 0. The molecule has 1 aromatic heterocycles. The zero-order chi connectivity index (χ0) is 10.2. The Bertz CT molecular complexity index is 318. The molecule has 2 heterocycles. The van der Waals surface area contributed by atoms with E-state index in [1.165, 1.54) is 11.1 Å². The molecule has 0 spiro atoms. The van der Waals surface area contributed by atoms with Gasteiger partial charge in [0.25, 0.3) is 0 Å². The number of fused-ring (bicyclic) bond motifs is 1. The lowest BCUT2D eigenvalue weighted by Gasteiger charge is -2.19. The smallest absolute Gasteiger partial charge is 0.111 e. The molecule has 2 nitrogen and oxygen atoms in total. The van der Waals surface area contributed by atoms with Crippen LogP contribution < -0.4 is 0 Å². The molecule has 1 aliphatic rings. The fourth-order valence-corrected chi connectivity index (χ4v) is 1.91. The van der Waals surface area contributed by atoms with Crippen LogP contribution in [-0.4, -0.2) is 6.61 Å². The van der Waals surface area contributed by atoms with Gasteiger partial charge in [-0.05, 0) is 17.4 Å². The van der Waals surface area contributed by atoms with Crippen molar-refractivity contribution in [1.82, 2.24) is 0 Å². The first-order valence-corrected chi connectivity index (χ1v) is 5.22. The molecule has 1 aromatic rings. The van der Waals surface area contributed by atoms with Gasteiger partial charge in [-0.3, -0.25) is 0 Å². The van der Waals surface area contributed by atoms with Crippen molar-refractivity contribution in [2.75, 3.05) is 6.61 Å². The van der Waals surface area contributed by atoms with Crippen LogP contribution in [0.3, 0.4) is 0 Å². The maximum absolute atomic E-state index is 5.55. The fourth-order valence-electron chi connectivity index (χ4n) is 1.91. The first kappa shape index (κ1) is 9.78. The quantitative estimate of drug-likeness (QED) is 0.685. The highest BCUT2D eigenvalue weighted by Gasteiger charge is 2.21. The highest BCUT2D eigenvalue weighted by Crippen LogP contribution is 2.28. The van der Waals surface area contributed by atoms with E-state index in [1.807, 2.05) is 6.26 Å². The lowest BCUT2D eigenvalue weighted by atomic mass is 9.87. The predicted octanol–water partition coefficient (Wildman–Crippen LogP) is 2.94. The highest BCUT2D eigenvalue weighted by molar-refractivity contribution is 5.29. The second-order valence-electron chi connectivity index (χ2n) is 5.20. The van der Waals surface area contributed by atoms with Crippen molar-refractivity contribution in [2.45, 2.75) is 40.2 Å². The Morgan fingerprint density at radius 2 is 2.14 bits per heavy atom. The van der Waals surface area contributed by atoms with Crippen LogP contribution in [0.4, 0.5) is 0 Å². The monoisotopic (exact) mass is 194 g/mol. The van der Waals surface area contributed by atoms with Gasteiger partial charge in [0.05, 0.1) is 19.5 Å². The Morgan fingerprint density at radius 1 is 1.36 bits per heavy atom. The molecule has 0 bridgehead atoms. The summed E-state index contributed by atoms with van der Waals surface area (Å²) in [7, 11) is 0. The highest BCUT2D eigenvalue weighted by atomic mass is 16.5. The van der Waals surface area contributed by atoms with E-state index in [0.29, 0.717) is 5.41 Å². The summed E-state index contributed by atoms with van der Waals surface area (Å²) in [5.74, 6) is 1.13. The molecule has 0 aromatic carbocycles. The molecule has 0 amide bonds. The molecule has 2 heteroatoms. The maximum atomic E-state index is 5.55. The van der Waals surface area contributed by atoms with Gasteiger partial charge in [0, 0.05) is 12.0 Å². The van der Waals surface area contributed by atoms with E-state index in [1.54, 1.807) is 0 Å². The minimum atomic E-state index is 0.315. The molecule has 0 aliphatic carbocycles. The Hall–Kier alpha value is -0.760. The van der Waals surface area contributed by atoms with E-state index in [-0.39, 0.29) is 0 Å². The minimum Gasteiger partial charge on any atom is -0.469 e. The first-order valence-electron chi connectivity index (χ1n) is 5.22. The van der Waals surface area contributed by atoms with Crippen LogP contribution in [0.25, 0.3) is 0 Å². The van der Waals surface area contributed by atoms with Crippen molar-refractivity contribution in [2.24, 2.45) is 5.41 Å². The molecule has 0 fully saturated rings. The first-order chi connectivity index (χ1) is 6.56. The summed E-state index contributed by atoms with van der Waals surface area (Å²) in [4.78, 5) is 0. The largest absolute Gasteiger partial charge is 0.469 e. The third-order valence-electron chi connectivity index (χ3n) is 2.51. The molecule has 78 valence electrons. The van der Waals surface area contributed by atoms with Gasteiger partial charge in [-0.1, -0.05) is 20.8 Å². The normalized spacial score (nSPS) is 16.8. The third kappa shape index (κ3) is 2.01. The zero-order valence-electron chi connectivity index (χ0n) is 9.22. The molecule has 2 rings (SSSR count). The van der Waals surface area contributed by atoms with Gasteiger partial charge in [0.1, 0.15) is 5.76 Å². The van der Waals surface area contributed by atoms with Gasteiger partial charge < -0.3 is 9.15 Å². The molecule has 14 heavy (non-hydrogen) atoms. The summed E-state index contributed by atoms with van der Waals surface area (Å²) in [6.45, 7) is 8.27. The van der Waals surface area contributed by atoms with Crippen molar-refractivity contribution >= 4 is 0 Å². The average Bonchev–Trinajstić information content (AvgIpc) is 2.47. The van der Waals surface area contributed by atoms with E-state index in [9.17, 15) is 0 Å². The molecule has 0 N–H and O–H groups in total. The number of ether oxygens (including phenoxy) is 1. The summed E-state index contributed by atoms with van der Waals surface area (Å²) >= 11 is 0. The second kappa shape index (κ2) is 3.43. The Balaban J connectivity index is 2.22. The van der Waals surface area contributed by atoms with E-state index in [2.05, 4.69) is 20.8 Å². The summed E-state index contributed by atoms with van der Waals surface area (Å²) in [5.41, 5.74) is 2.94. The third-order valence-corrected chi connectivity index (χ3v) is 2.51. The number of hydrogen-bond donors (Lipinski definition) is 0. The van der Waals surface area contributed by atoms with E-state index >= 15 is 0 Å². The maximum Gasteiger partial charge on any atom is 0.111 e. The van der Waals surface area contributed by atoms with Gasteiger partial charge in [-0.15, -0.1) is 0 Å². The zero-order valence-corrected chi connectivity index (χ0v) is 9.22. The van der Waals surface area contributed by atoms with Crippen molar-refractivity contribution in [3.63, 3.8) is 0 Å². The van der Waals surface area contributed by atoms with Crippen molar-refractivity contribution < 1.29 is 9.15 Å². The van der Waals surface area contributed by atoms with Gasteiger partial charge in [0.2, 0.25) is 0 Å². The van der Waals surface area contributed by atoms with Gasteiger partial charge >= 0.3 is 0 Å². The summed E-state index contributed by atoms with van der Waals surface area (Å²) in [5, 5.41) is 0. The van der Waals surface area contributed by atoms with E-state index in [4.69, 9.17) is 9.15 Å². The molecule has 0 unspecified atom stereocenters. The molecule has 1 aliphatic heterocycles. The average molecular weight is 194 g/mol. The molecule has 0 atom stereocenters. The van der Waals surface area contributed by atoms with Crippen molar-refractivity contribution in [1.29, 1.82) is 0 Å². The number of rotatable bonds is 1. The summed E-state index contributed by atoms with van der Waals surface area (Å²) < 4.78 is 11.0. The van der Waals surface area contributed by atoms with E-state index < -0.39 is 0 Å². The fraction of sp³-hybridized carbons (Fsp3) is 0.667. The van der Waals surface area contributed by atoms with Crippen LogP contribution in [0, 0.1) is 5.41 Å². The van der Waals surface area contributed by atoms with Gasteiger partial charge in [0.15, 0.2) is 0 Å². The van der Waals surface area contributed by atoms with E-state index in [0.717, 1.165) is 31.8 Å². The predicted molar refractivity (Wildman–Crippen MR) is 55.2 cm³/mol. The van der Waals surface area contributed by atoms with Crippen LogP contribution in [0.15, 0.2) is 10.7 Å². The van der Waals surface area contributed by atoms with Crippen LogP contribution in [-0.2, 0) is 24.2 Å². The Morgan fingerprint density at radius 3 is 2.86 bits per heavy atom. The van der Waals surface area contributed by atoms with Crippen LogP contribution in [0.1, 0.15) is 37.7 Å². The molecule has 0 radical (unpaired) electrons. The van der Waals surface area contributed by atoms with Crippen molar-refractivity contribution in [3.05, 3.63) is 23.2 Å².